The number of carbonyl (C=O) groups is 1. The van der Waals surface area contributed by atoms with E-state index < -0.39 is 0 Å². The SMILES string of the molecule is COCn1ccc(C(=O)Nc2cc(C)ccc2C)n1. The molecule has 0 atom stereocenters. The first-order valence-electron chi connectivity index (χ1n) is 6.01. The fourth-order valence-corrected chi connectivity index (χ4v) is 1.74. The van der Waals surface area contributed by atoms with Crippen molar-refractivity contribution < 1.29 is 9.53 Å². The van der Waals surface area contributed by atoms with Crippen molar-refractivity contribution in [3.05, 3.63) is 47.3 Å². The van der Waals surface area contributed by atoms with Crippen LogP contribution in [-0.4, -0.2) is 22.8 Å². The summed E-state index contributed by atoms with van der Waals surface area (Å²) in [5.74, 6) is -0.219. The fourth-order valence-electron chi connectivity index (χ4n) is 1.74. The van der Waals surface area contributed by atoms with Crippen molar-refractivity contribution in [3.63, 3.8) is 0 Å². The van der Waals surface area contributed by atoms with Crippen LogP contribution in [0.25, 0.3) is 0 Å². The first-order chi connectivity index (χ1) is 9.10. The van der Waals surface area contributed by atoms with Crippen LogP contribution in [0.5, 0.6) is 0 Å². The number of nitrogens with zero attached hydrogens (tertiary/aromatic N) is 2. The van der Waals surface area contributed by atoms with Gasteiger partial charge >= 0.3 is 0 Å². The van der Waals surface area contributed by atoms with Crippen LogP contribution in [0.15, 0.2) is 30.5 Å². The third kappa shape index (κ3) is 3.20. The van der Waals surface area contributed by atoms with Gasteiger partial charge in [-0.15, -0.1) is 0 Å². The lowest BCUT2D eigenvalue weighted by Crippen LogP contribution is -2.14. The van der Waals surface area contributed by atoms with Crippen molar-refractivity contribution in [2.75, 3.05) is 12.4 Å². The summed E-state index contributed by atoms with van der Waals surface area (Å²) < 4.78 is 6.51. The Morgan fingerprint density at radius 3 is 2.89 bits per heavy atom. The summed E-state index contributed by atoms with van der Waals surface area (Å²) in [4.78, 5) is 12.1. The molecule has 0 aliphatic carbocycles. The van der Waals surface area contributed by atoms with Gasteiger partial charge in [0.1, 0.15) is 6.73 Å². The Kier molecular flexibility index (Phi) is 3.97. The number of aryl methyl sites for hydroxylation is 2. The molecule has 1 aromatic carbocycles. The number of ether oxygens (including phenoxy) is 1. The normalized spacial score (nSPS) is 10.5. The van der Waals surface area contributed by atoms with E-state index in [0.29, 0.717) is 12.4 Å². The second kappa shape index (κ2) is 5.67. The largest absolute Gasteiger partial charge is 0.362 e. The average Bonchev–Trinajstić information content (AvgIpc) is 2.83. The highest BCUT2D eigenvalue weighted by Crippen LogP contribution is 2.17. The molecule has 0 spiro atoms. The molecule has 0 radical (unpaired) electrons. The van der Waals surface area contributed by atoms with Crippen LogP contribution in [0.3, 0.4) is 0 Å². The molecule has 0 unspecified atom stereocenters. The molecular weight excluding hydrogens is 242 g/mol. The molecule has 1 amide bonds. The third-order valence-electron chi connectivity index (χ3n) is 2.78. The maximum absolute atomic E-state index is 12.1. The minimum atomic E-state index is -0.219. The Morgan fingerprint density at radius 2 is 2.16 bits per heavy atom. The van der Waals surface area contributed by atoms with Gasteiger partial charge in [0.2, 0.25) is 0 Å². The summed E-state index contributed by atoms with van der Waals surface area (Å²) >= 11 is 0. The molecule has 1 N–H and O–H groups in total. The zero-order valence-corrected chi connectivity index (χ0v) is 11.3. The predicted molar refractivity (Wildman–Crippen MR) is 73.1 cm³/mol. The Labute approximate surface area is 112 Å². The van der Waals surface area contributed by atoms with E-state index >= 15 is 0 Å². The second-order valence-corrected chi connectivity index (χ2v) is 4.43. The van der Waals surface area contributed by atoms with E-state index in [2.05, 4.69) is 10.4 Å². The highest BCUT2D eigenvalue weighted by molar-refractivity contribution is 6.03. The topological polar surface area (TPSA) is 56.1 Å². The van der Waals surface area contributed by atoms with Crippen molar-refractivity contribution in [3.8, 4) is 0 Å². The zero-order valence-electron chi connectivity index (χ0n) is 11.3. The van der Waals surface area contributed by atoms with E-state index in [9.17, 15) is 4.79 Å². The number of rotatable bonds is 4. The van der Waals surface area contributed by atoms with Crippen LogP contribution in [0.2, 0.25) is 0 Å². The Hall–Kier alpha value is -2.14. The third-order valence-corrected chi connectivity index (χ3v) is 2.78. The van der Waals surface area contributed by atoms with Crippen LogP contribution in [0.1, 0.15) is 21.6 Å². The van der Waals surface area contributed by atoms with Gasteiger partial charge in [-0.2, -0.15) is 5.10 Å². The Bertz CT molecular complexity index is 590. The van der Waals surface area contributed by atoms with Crippen molar-refractivity contribution in [1.82, 2.24) is 9.78 Å². The van der Waals surface area contributed by atoms with Crippen molar-refractivity contribution >= 4 is 11.6 Å². The molecule has 2 rings (SSSR count). The first-order valence-corrected chi connectivity index (χ1v) is 6.01. The van der Waals surface area contributed by atoms with E-state index in [1.807, 2.05) is 32.0 Å². The van der Waals surface area contributed by atoms with E-state index in [4.69, 9.17) is 4.74 Å². The highest BCUT2D eigenvalue weighted by Gasteiger charge is 2.11. The van der Waals surface area contributed by atoms with Gasteiger partial charge in [0.15, 0.2) is 5.69 Å². The summed E-state index contributed by atoms with van der Waals surface area (Å²) in [6, 6.07) is 7.60. The van der Waals surface area contributed by atoms with Gasteiger partial charge in [0, 0.05) is 19.0 Å². The summed E-state index contributed by atoms with van der Waals surface area (Å²) in [6.07, 6.45) is 1.71. The van der Waals surface area contributed by atoms with Crippen LogP contribution in [0.4, 0.5) is 5.69 Å². The van der Waals surface area contributed by atoms with Gasteiger partial charge in [-0.25, -0.2) is 4.68 Å². The Morgan fingerprint density at radius 1 is 1.37 bits per heavy atom. The maximum atomic E-state index is 12.1. The molecule has 0 aliphatic rings. The lowest BCUT2D eigenvalue weighted by Gasteiger charge is -2.08. The maximum Gasteiger partial charge on any atom is 0.276 e. The lowest BCUT2D eigenvalue weighted by atomic mass is 10.1. The molecule has 0 aliphatic heterocycles. The first kappa shape index (κ1) is 13.3. The number of benzene rings is 1. The quantitative estimate of drug-likeness (QED) is 0.917. The standard InChI is InChI=1S/C14H17N3O2/c1-10-4-5-11(2)13(8-10)15-14(18)12-6-7-17(16-12)9-19-3/h4-8H,9H2,1-3H3,(H,15,18). The minimum absolute atomic E-state index is 0.219. The van der Waals surface area contributed by atoms with Gasteiger partial charge in [0.05, 0.1) is 0 Å². The number of aromatic nitrogens is 2. The molecule has 5 heteroatoms. The molecule has 0 fully saturated rings. The molecule has 0 saturated carbocycles. The zero-order chi connectivity index (χ0) is 13.8. The number of hydrogen-bond donors (Lipinski definition) is 1. The van der Waals surface area contributed by atoms with E-state index in [1.54, 1.807) is 24.1 Å². The number of methoxy groups -OCH3 is 1. The summed E-state index contributed by atoms with van der Waals surface area (Å²) in [6.45, 7) is 4.28. The monoisotopic (exact) mass is 259 g/mol. The number of amides is 1. The van der Waals surface area contributed by atoms with Gasteiger partial charge in [-0.05, 0) is 37.1 Å². The van der Waals surface area contributed by atoms with Crippen LogP contribution in [-0.2, 0) is 11.5 Å². The number of anilines is 1. The molecule has 2 aromatic rings. The van der Waals surface area contributed by atoms with Gasteiger partial charge in [0.25, 0.3) is 5.91 Å². The molecular formula is C14H17N3O2. The fraction of sp³-hybridized carbons (Fsp3) is 0.286. The van der Waals surface area contributed by atoms with E-state index in [-0.39, 0.29) is 5.91 Å². The van der Waals surface area contributed by atoms with E-state index in [0.717, 1.165) is 16.8 Å². The smallest absolute Gasteiger partial charge is 0.276 e. The number of carbonyl (C=O) groups excluding carboxylic acids is 1. The van der Waals surface area contributed by atoms with Crippen LogP contribution < -0.4 is 5.32 Å². The number of nitrogens with one attached hydrogen (secondary N) is 1. The van der Waals surface area contributed by atoms with E-state index in [1.165, 1.54) is 0 Å². The Balaban J connectivity index is 2.13. The molecule has 1 aromatic heterocycles. The summed E-state index contributed by atoms with van der Waals surface area (Å²) in [5.41, 5.74) is 3.31. The van der Waals surface area contributed by atoms with Gasteiger partial charge in [-0.1, -0.05) is 12.1 Å². The summed E-state index contributed by atoms with van der Waals surface area (Å²) in [5, 5.41) is 6.99. The van der Waals surface area contributed by atoms with Crippen molar-refractivity contribution in [1.29, 1.82) is 0 Å². The molecule has 0 saturated heterocycles. The minimum Gasteiger partial charge on any atom is -0.362 e. The van der Waals surface area contributed by atoms with Crippen LogP contribution >= 0.6 is 0 Å². The van der Waals surface area contributed by atoms with Gasteiger partial charge in [-0.3, -0.25) is 4.79 Å². The van der Waals surface area contributed by atoms with Gasteiger partial charge < -0.3 is 10.1 Å². The van der Waals surface area contributed by atoms with Crippen LogP contribution in [0, 0.1) is 13.8 Å². The lowest BCUT2D eigenvalue weighted by molar-refractivity contribution is 0.101. The second-order valence-electron chi connectivity index (χ2n) is 4.43. The summed E-state index contributed by atoms with van der Waals surface area (Å²) in [7, 11) is 1.58. The highest BCUT2D eigenvalue weighted by atomic mass is 16.5. The molecule has 100 valence electrons. The predicted octanol–water partition coefficient (Wildman–Crippen LogP) is 2.36. The number of hydrogen-bond acceptors (Lipinski definition) is 3. The molecule has 5 nitrogen and oxygen atoms in total. The average molecular weight is 259 g/mol. The molecule has 0 bridgehead atoms. The van der Waals surface area contributed by atoms with Crippen molar-refractivity contribution in [2.24, 2.45) is 0 Å². The van der Waals surface area contributed by atoms with Crippen molar-refractivity contribution in [2.45, 2.75) is 20.6 Å². The molecule has 19 heavy (non-hydrogen) atoms. The molecule has 1 heterocycles.